The second kappa shape index (κ2) is 33.2. The molecule has 0 aromatic carbocycles. The van der Waals surface area contributed by atoms with Gasteiger partial charge in [-0.15, -0.1) is 0 Å². The van der Waals surface area contributed by atoms with Gasteiger partial charge in [0.2, 0.25) is 11.8 Å². The summed E-state index contributed by atoms with van der Waals surface area (Å²) in [6.45, 7) is 3.38. The van der Waals surface area contributed by atoms with Crippen LogP contribution in [0.2, 0.25) is 0 Å². The fourth-order valence-corrected chi connectivity index (χ4v) is 5.26. The number of esters is 1. The summed E-state index contributed by atoms with van der Waals surface area (Å²) in [7, 11) is 0. The van der Waals surface area contributed by atoms with E-state index in [1.807, 2.05) is 0 Å². The van der Waals surface area contributed by atoms with Crippen molar-refractivity contribution in [3.63, 3.8) is 0 Å². The molecule has 0 aromatic heterocycles. The van der Waals surface area contributed by atoms with Gasteiger partial charge < -0.3 is 25.6 Å². The second-order valence-electron chi connectivity index (χ2n) is 12.7. The third kappa shape index (κ3) is 30.4. The predicted octanol–water partition coefficient (Wildman–Crippen LogP) is 8.09. The van der Waals surface area contributed by atoms with Gasteiger partial charge in [0.05, 0.1) is 13.2 Å². The van der Waals surface area contributed by atoms with Crippen molar-refractivity contribution in [2.24, 2.45) is 0 Å². The quantitative estimate of drug-likeness (QED) is 0.0316. The second-order valence-corrected chi connectivity index (χ2v) is 12.7. The van der Waals surface area contributed by atoms with Gasteiger partial charge in [0, 0.05) is 12.8 Å². The number of allylic oxidation sites excluding steroid dienone is 4. The number of carbonyl (C=O) groups is 4. The number of unbranched alkanes of at least 4 members (excludes halogenated alkanes) is 15. The molecule has 0 saturated heterocycles. The first-order chi connectivity index (χ1) is 22.8. The number of rotatable bonds is 33. The van der Waals surface area contributed by atoms with E-state index < -0.39 is 24.5 Å². The zero-order valence-corrected chi connectivity index (χ0v) is 29.8. The van der Waals surface area contributed by atoms with Crippen molar-refractivity contribution in [3.05, 3.63) is 24.3 Å². The van der Waals surface area contributed by atoms with Crippen LogP contribution < -0.4 is 10.6 Å². The third-order valence-corrected chi connectivity index (χ3v) is 8.20. The molecule has 0 rings (SSSR count). The van der Waals surface area contributed by atoms with Gasteiger partial charge in [-0.25, -0.2) is 4.79 Å². The van der Waals surface area contributed by atoms with E-state index in [-0.39, 0.29) is 30.9 Å². The van der Waals surface area contributed by atoms with E-state index >= 15 is 0 Å². The molecule has 0 aliphatic rings. The topological polar surface area (TPSA) is 142 Å². The van der Waals surface area contributed by atoms with Crippen molar-refractivity contribution >= 4 is 23.8 Å². The summed E-state index contributed by atoms with van der Waals surface area (Å²) in [5.74, 6) is -2.35. The number of carboxylic acids is 1. The number of carbonyl (C=O) groups excluding carboxylic acids is 3. The minimum atomic E-state index is -1.39. The third-order valence-electron chi connectivity index (χ3n) is 8.20. The molecule has 47 heavy (non-hydrogen) atoms. The maximum atomic E-state index is 12.6. The molecule has 9 nitrogen and oxygen atoms in total. The molecular weight excluding hydrogens is 596 g/mol. The van der Waals surface area contributed by atoms with Crippen LogP contribution >= 0.6 is 0 Å². The Morgan fingerprint density at radius 2 is 1.17 bits per heavy atom. The maximum Gasteiger partial charge on any atom is 0.328 e. The number of aliphatic carboxylic acids is 1. The highest BCUT2D eigenvalue weighted by Crippen LogP contribution is 2.18. The van der Waals surface area contributed by atoms with Gasteiger partial charge in [0.25, 0.3) is 0 Å². The lowest BCUT2D eigenvalue weighted by molar-refractivity contribution is -0.150. The molecule has 0 saturated carbocycles. The highest BCUT2D eigenvalue weighted by atomic mass is 16.5. The van der Waals surface area contributed by atoms with Gasteiger partial charge in [-0.2, -0.15) is 0 Å². The number of amides is 2. The highest BCUT2D eigenvalue weighted by molar-refractivity contribution is 5.87. The van der Waals surface area contributed by atoms with Gasteiger partial charge in [0.15, 0.2) is 0 Å². The molecule has 0 bridgehead atoms. The van der Waals surface area contributed by atoms with Crippen LogP contribution in [0.1, 0.15) is 168 Å². The minimum Gasteiger partial charge on any atom is -0.480 e. The van der Waals surface area contributed by atoms with Crippen LogP contribution in [0.25, 0.3) is 0 Å². The molecule has 2 atom stereocenters. The molecule has 2 amide bonds. The Kier molecular flexibility index (Phi) is 31.3. The van der Waals surface area contributed by atoms with Crippen LogP contribution in [0.3, 0.4) is 0 Å². The SMILES string of the molecule is CCCC/C=C\C/C=C\CCCCCCCC(=O)OC(CCCCCCCC)CCCCCCC(=O)NCC(=O)NC(CO)C(=O)O. The van der Waals surface area contributed by atoms with Crippen molar-refractivity contribution in [2.75, 3.05) is 13.2 Å². The molecule has 0 spiro atoms. The first kappa shape index (κ1) is 44.3. The molecule has 0 aliphatic heterocycles. The van der Waals surface area contributed by atoms with Gasteiger partial charge in [-0.05, 0) is 64.2 Å². The number of nitrogens with one attached hydrogen (secondary N) is 2. The molecule has 0 aromatic rings. The number of carboxylic acid groups (broad SMARTS) is 1. The number of ether oxygens (including phenoxy) is 1. The van der Waals surface area contributed by atoms with E-state index in [0.717, 1.165) is 70.6 Å². The van der Waals surface area contributed by atoms with Crippen LogP contribution in [0.4, 0.5) is 0 Å². The maximum absolute atomic E-state index is 12.6. The largest absolute Gasteiger partial charge is 0.480 e. The van der Waals surface area contributed by atoms with Crippen LogP contribution in [0, 0.1) is 0 Å². The Bertz CT molecular complexity index is 859. The van der Waals surface area contributed by atoms with E-state index in [9.17, 15) is 19.2 Å². The molecule has 0 radical (unpaired) electrons. The summed E-state index contributed by atoms with van der Waals surface area (Å²) in [6.07, 6.45) is 33.5. The zero-order valence-electron chi connectivity index (χ0n) is 29.8. The minimum absolute atomic E-state index is 0.0442. The lowest BCUT2D eigenvalue weighted by atomic mass is 10.0. The summed E-state index contributed by atoms with van der Waals surface area (Å²) in [5, 5.41) is 22.5. The van der Waals surface area contributed by atoms with Crippen molar-refractivity contribution in [1.29, 1.82) is 0 Å². The summed E-state index contributed by atoms with van der Waals surface area (Å²) >= 11 is 0. The van der Waals surface area contributed by atoms with Crippen molar-refractivity contribution < 1.29 is 34.1 Å². The molecule has 4 N–H and O–H groups in total. The normalized spacial score (nSPS) is 12.7. The van der Waals surface area contributed by atoms with Crippen LogP contribution in [0.15, 0.2) is 24.3 Å². The molecule has 9 heteroatoms. The average molecular weight is 665 g/mol. The standard InChI is InChI=1S/C38H68N2O7/c1-3-5-7-9-11-12-13-14-15-16-17-18-20-26-30-37(44)47-33(27-23-19-10-8-6-4-2)28-24-21-22-25-29-35(42)39-31-36(43)40-34(32-41)38(45)46/h9,11,13-14,33-34,41H,3-8,10,12,15-32H2,1-2H3,(H,39,42)(H,40,43)(H,45,46)/b11-9-,14-13-. The number of aliphatic hydroxyl groups is 1. The summed E-state index contributed by atoms with van der Waals surface area (Å²) in [6, 6.07) is -1.39. The van der Waals surface area contributed by atoms with Gasteiger partial charge >= 0.3 is 11.9 Å². The first-order valence-corrected chi connectivity index (χ1v) is 18.7. The fourth-order valence-electron chi connectivity index (χ4n) is 5.26. The Morgan fingerprint density at radius 3 is 1.77 bits per heavy atom. The lowest BCUT2D eigenvalue weighted by Gasteiger charge is -2.18. The monoisotopic (exact) mass is 665 g/mol. The van der Waals surface area contributed by atoms with Crippen molar-refractivity contribution in [2.45, 2.75) is 180 Å². The van der Waals surface area contributed by atoms with E-state index in [4.69, 9.17) is 14.9 Å². The molecule has 2 unspecified atom stereocenters. The number of hydrogen-bond donors (Lipinski definition) is 4. The van der Waals surface area contributed by atoms with Gasteiger partial charge in [-0.3, -0.25) is 14.4 Å². The van der Waals surface area contributed by atoms with Crippen LogP contribution in [-0.2, 0) is 23.9 Å². The number of aliphatic hydroxyl groups excluding tert-OH is 1. The van der Waals surface area contributed by atoms with E-state index in [2.05, 4.69) is 48.8 Å². The molecule has 0 fully saturated rings. The van der Waals surface area contributed by atoms with E-state index in [1.54, 1.807) is 0 Å². The lowest BCUT2D eigenvalue weighted by Crippen LogP contribution is -2.47. The Labute approximate surface area is 285 Å². The smallest absolute Gasteiger partial charge is 0.328 e. The van der Waals surface area contributed by atoms with Crippen LogP contribution in [-0.4, -0.2) is 59.3 Å². The van der Waals surface area contributed by atoms with E-state index in [0.29, 0.717) is 12.8 Å². The zero-order chi connectivity index (χ0) is 34.8. The Balaban J connectivity index is 4.20. The summed E-state index contributed by atoms with van der Waals surface area (Å²) in [4.78, 5) is 47.3. The van der Waals surface area contributed by atoms with Gasteiger partial charge in [0.1, 0.15) is 12.1 Å². The van der Waals surface area contributed by atoms with Crippen molar-refractivity contribution in [1.82, 2.24) is 10.6 Å². The van der Waals surface area contributed by atoms with Crippen molar-refractivity contribution in [3.8, 4) is 0 Å². The molecular formula is C38H68N2O7. The first-order valence-electron chi connectivity index (χ1n) is 18.7. The highest BCUT2D eigenvalue weighted by Gasteiger charge is 2.19. The van der Waals surface area contributed by atoms with Crippen LogP contribution in [0.5, 0.6) is 0 Å². The fraction of sp³-hybridized carbons (Fsp3) is 0.789. The Morgan fingerprint density at radius 1 is 0.638 bits per heavy atom. The van der Waals surface area contributed by atoms with Gasteiger partial charge in [-0.1, -0.05) is 115 Å². The molecule has 272 valence electrons. The average Bonchev–Trinajstić information content (AvgIpc) is 3.05. The summed E-state index contributed by atoms with van der Waals surface area (Å²) in [5.41, 5.74) is 0. The predicted molar refractivity (Wildman–Crippen MR) is 190 cm³/mol. The summed E-state index contributed by atoms with van der Waals surface area (Å²) < 4.78 is 5.93. The number of hydrogen-bond acceptors (Lipinski definition) is 6. The Hall–Kier alpha value is -2.68. The van der Waals surface area contributed by atoms with E-state index in [1.165, 1.54) is 64.2 Å². The molecule has 0 aliphatic carbocycles. The molecule has 0 heterocycles.